The third kappa shape index (κ3) is 0.872. The van der Waals surface area contributed by atoms with Crippen molar-refractivity contribution >= 4 is 11.8 Å². The molecule has 0 aliphatic carbocycles. The lowest BCUT2D eigenvalue weighted by Gasteiger charge is -1.85. The van der Waals surface area contributed by atoms with Gasteiger partial charge >= 0.3 is 11.8 Å². The average molecular weight is 142 g/mol. The Balaban J connectivity index is 3.01. The molecule has 1 rings (SSSR count). The molecule has 0 radical (unpaired) electrons. The van der Waals surface area contributed by atoms with Gasteiger partial charge in [0, 0.05) is 0 Å². The number of aliphatic hydroxyl groups excluding tert-OH is 1. The van der Waals surface area contributed by atoms with Crippen LogP contribution in [-0.2, 0) is 9.59 Å². The standard InChI is InChI=1S/C6H7NO3/c1-3-4(2-8)6(10)7-5(3)9/h8H,2H2,1H3,(H,7,9,10)/p+1. The third-order valence-electron chi connectivity index (χ3n) is 1.54. The number of carbonyl (C=O) groups is 2. The lowest BCUT2D eigenvalue weighted by molar-refractivity contribution is -0.475. The first kappa shape index (κ1) is 7.11. The second kappa shape index (κ2) is 2.32. The number of nitrogens with two attached hydrogens (primary N) is 1. The molecule has 0 spiro atoms. The largest absolute Gasteiger partial charge is 0.391 e. The van der Waals surface area contributed by atoms with E-state index in [1.165, 1.54) is 6.92 Å². The van der Waals surface area contributed by atoms with E-state index >= 15 is 0 Å². The Labute approximate surface area is 57.5 Å². The molecular weight excluding hydrogens is 134 g/mol. The van der Waals surface area contributed by atoms with Gasteiger partial charge < -0.3 is 5.11 Å². The van der Waals surface area contributed by atoms with Gasteiger partial charge in [0.15, 0.2) is 0 Å². The molecule has 0 saturated carbocycles. The summed E-state index contributed by atoms with van der Waals surface area (Å²) < 4.78 is 0. The van der Waals surface area contributed by atoms with Crippen molar-refractivity contribution in [2.75, 3.05) is 6.61 Å². The second-order valence-electron chi connectivity index (χ2n) is 2.13. The van der Waals surface area contributed by atoms with Crippen molar-refractivity contribution < 1.29 is 20.0 Å². The summed E-state index contributed by atoms with van der Waals surface area (Å²) in [5, 5.41) is 9.57. The van der Waals surface area contributed by atoms with Gasteiger partial charge in [-0.1, -0.05) is 0 Å². The number of quaternary nitrogens is 1. The highest BCUT2D eigenvalue weighted by Crippen LogP contribution is 2.04. The Morgan fingerprint density at radius 3 is 2.20 bits per heavy atom. The van der Waals surface area contributed by atoms with Crippen LogP contribution >= 0.6 is 0 Å². The third-order valence-corrected chi connectivity index (χ3v) is 1.54. The predicted molar refractivity (Wildman–Crippen MR) is 31.7 cm³/mol. The first-order chi connectivity index (χ1) is 4.66. The van der Waals surface area contributed by atoms with Crippen LogP contribution in [0.5, 0.6) is 0 Å². The minimum absolute atomic E-state index is 0.227. The van der Waals surface area contributed by atoms with Gasteiger partial charge in [0.2, 0.25) is 0 Å². The van der Waals surface area contributed by atoms with E-state index < -0.39 is 0 Å². The maximum atomic E-state index is 10.7. The number of carbonyl (C=O) groups excluding carboxylic acids is 2. The molecule has 0 fully saturated rings. The zero-order valence-corrected chi connectivity index (χ0v) is 5.55. The molecule has 0 aromatic heterocycles. The fraction of sp³-hybridized carbons (Fsp3) is 0.333. The summed E-state index contributed by atoms with van der Waals surface area (Å²) in [7, 11) is 0. The van der Waals surface area contributed by atoms with Crippen LogP contribution in [0, 0.1) is 0 Å². The van der Waals surface area contributed by atoms with Crippen molar-refractivity contribution in [3.8, 4) is 0 Å². The maximum Gasteiger partial charge on any atom is 0.349 e. The molecule has 0 atom stereocenters. The van der Waals surface area contributed by atoms with E-state index in [1.54, 1.807) is 0 Å². The number of amides is 2. The smallest absolute Gasteiger partial charge is 0.349 e. The SMILES string of the molecule is CC1=C(CO)C(=O)[NH2+]C1=O. The summed E-state index contributed by atoms with van der Waals surface area (Å²) in [6.45, 7) is 1.20. The summed E-state index contributed by atoms with van der Waals surface area (Å²) in [5.74, 6) is -0.640. The first-order valence-corrected chi connectivity index (χ1v) is 2.91. The molecular formula is C6H8NO3+. The molecule has 10 heavy (non-hydrogen) atoms. The van der Waals surface area contributed by atoms with Gasteiger partial charge in [0.05, 0.1) is 17.8 Å². The minimum atomic E-state index is -0.356. The summed E-state index contributed by atoms with van der Waals surface area (Å²) in [6, 6.07) is 0. The van der Waals surface area contributed by atoms with E-state index in [4.69, 9.17) is 5.11 Å². The Bertz CT molecular complexity index is 229. The van der Waals surface area contributed by atoms with Gasteiger partial charge in [-0.15, -0.1) is 0 Å². The molecule has 3 N–H and O–H groups in total. The van der Waals surface area contributed by atoms with Gasteiger partial charge in [-0.05, 0) is 6.92 Å². The highest BCUT2D eigenvalue weighted by molar-refractivity contribution is 6.07. The van der Waals surface area contributed by atoms with E-state index in [1.807, 2.05) is 0 Å². The Morgan fingerprint density at radius 2 is 2.00 bits per heavy atom. The van der Waals surface area contributed by atoms with Crippen molar-refractivity contribution in [3.63, 3.8) is 0 Å². The van der Waals surface area contributed by atoms with Gasteiger partial charge in [0.25, 0.3) is 0 Å². The monoisotopic (exact) mass is 142 g/mol. The highest BCUT2D eigenvalue weighted by atomic mass is 16.3. The zero-order valence-electron chi connectivity index (χ0n) is 5.55. The number of imide groups is 1. The Hall–Kier alpha value is -1.00. The summed E-state index contributed by atoms with van der Waals surface area (Å²) in [5.41, 5.74) is 0.595. The van der Waals surface area contributed by atoms with Crippen LogP contribution in [-0.4, -0.2) is 23.5 Å². The zero-order chi connectivity index (χ0) is 7.72. The average Bonchev–Trinajstić information content (AvgIpc) is 2.09. The Morgan fingerprint density at radius 1 is 1.40 bits per heavy atom. The fourth-order valence-corrected chi connectivity index (χ4v) is 0.844. The molecule has 2 amide bonds. The summed E-state index contributed by atoms with van der Waals surface area (Å²) >= 11 is 0. The quantitative estimate of drug-likeness (QED) is 0.413. The highest BCUT2D eigenvalue weighted by Gasteiger charge is 2.31. The summed E-state index contributed by atoms with van der Waals surface area (Å²) in [4.78, 5) is 21.4. The van der Waals surface area contributed by atoms with Gasteiger partial charge in [-0.2, -0.15) is 0 Å². The van der Waals surface area contributed by atoms with Crippen LogP contribution in [0.15, 0.2) is 11.1 Å². The van der Waals surface area contributed by atoms with E-state index in [-0.39, 0.29) is 24.0 Å². The molecule has 0 aromatic carbocycles. The lowest BCUT2D eigenvalue weighted by Crippen LogP contribution is -2.89. The van der Waals surface area contributed by atoms with Crippen molar-refractivity contribution in [1.29, 1.82) is 0 Å². The minimum Gasteiger partial charge on any atom is -0.391 e. The van der Waals surface area contributed by atoms with E-state index in [0.29, 0.717) is 5.57 Å². The molecule has 0 bridgehead atoms. The van der Waals surface area contributed by atoms with Gasteiger partial charge in [-0.3, -0.25) is 0 Å². The van der Waals surface area contributed by atoms with Crippen LogP contribution in [0.1, 0.15) is 6.92 Å². The molecule has 1 aliphatic rings. The maximum absolute atomic E-state index is 10.7. The second-order valence-corrected chi connectivity index (χ2v) is 2.13. The van der Waals surface area contributed by atoms with Gasteiger partial charge in [0.1, 0.15) is 0 Å². The van der Waals surface area contributed by atoms with E-state index in [0.717, 1.165) is 5.32 Å². The number of hydrogen-bond donors (Lipinski definition) is 2. The van der Waals surface area contributed by atoms with Crippen LogP contribution in [0.4, 0.5) is 0 Å². The van der Waals surface area contributed by atoms with Crippen LogP contribution < -0.4 is 5.32 Å². The number of aliphatic hydroxyl groups is 1. The van der Waals surface area contributed by atoms with Gasteiger partial charge in [-0.25, -0.2) is 14.9 Å². The molecule has 0 aromatic rings. The van der Waals surface area contributed by atoms with E-state index in [9.17, 15) is 9.59 Å². The molecule has 1 aliphatic heterocycles. The van der Waals surface area contributed by atoms with Crippen LogP contribution in [0.2, 0.25) is 0 Å². The molecule has 4 nitrogen and oxygen atoms in total. The van der Waals surface area contributed by atoms with Crippen molar-refractivity contribution in [2.45, 2.75) is 6.92 Å². The lowest BCUT2D eigenvalue weighted by atomic mass is 10.2. The molecule has 0 unspecified atom stereocenters. The first-order valence-electron chi connectivity index (χ1n) is 2.91. The normalized spacial score (nSPS) is 19.0. The van der Waals surface area contributed by atoms with E-state index in [2.05, 4.69) is 0 Å². The topological polar surface area (TPSA) is 71.0 Å². The molecule has 54 valence electrons. The van der Waals surface area contributed by atoms with Crippen LogP contribution in [0.25, 0.3) is 0 Å². The van der Waals surface area contributed by atoms with Crippen molar-refractivity contribution in [3.05, 3.63) is 11.1 Å². The number of hydrogen-bond acceptors (Lipinski definition) is 3. The fourth-order valence-electron chi connectivity index (χ4n) is 0.844. The molecule has 1 heterocycles. The molecule has 4 heteroatoms. The van der Waals surface area contributed by atoms with Crippen molar-refractivity contribution in [1.82, 2.24) is 0 Å². The summed E-state index contributed by atoms with van der Waals surface area (Å²) in [6.07, 6.45) is 0. The molecule has 0 saturated heterocycles. The number of primary amides is 2. The van der Waals surface area contributed by atoms with Crippen LogP contribution in [0.3, 0.4) is 0 Å². The predicted octanol–water partition coefficient (Wildman–Crippen LogP) is -2.07. The Kier molecular flexibility index (Phi) is 1.65. The number of rotatable bonds is 1. The van der Waals surface area contributed by atoms with Crippen molar-refractivity contribution in [2.24, 2.45) is 0 Å².